The Labute approximate surface area is 135 Å². The maximum atomic E-state index is 12.6. The van der Waals surface area contributed by atoms with E-state index in [1.807, 2.05) is 31.2 Å². The number of fused-ring (bicyclic) bond motifs is 1. The van der Waals surface area contributed by atoms with Crippen molar-refractivity contribution in [3.63, 3.8) is 0 Å². The summed E-state index contributed by atoms with van der Waals surface area (Å²) in [4.78, 5) is 29.9. The number of aliphatic imine (C=N–C) groups is 1. The predicted molar refractivity (Wildman–Crippen MR) is 88.7 cm³/mol. The number of anilines is 1. The lowest BCUT2D eigenvalue weighted by atomic mass is 9.92. The van der Waals surface area contributed by atoms with Crippen LogP contribution in [0.2, 0.25) is 0 Å². The van der Waals surface area contributed by atoms with Crippen molar-refractivity contribution in [2.45, 2.75) is 51.1 Å². The first-order valence-electron chi connectivity index (χ1n) is 8.25. The summed E-state index contributed by atoms with van der Waals surface area (Å²) in [5.74, 6) is -0.481. The van der Waals surface area contributed by atoms with Crippen molar-refractivity contribution in [3.05, 3.63) is 39.9 Å². The van der Waals surface area contributed by atoms with Crippen LogP contribution >= 0.6 is 0 Å². The number of rotatable bonds is 3. The maximum absolute atomic E-state index is 12.6. The lowest BCUT2D eigenvalue weighted by Gasteiger charge is -2.31. The lowest BCUT2D eigenvalue weighted by Crippen LogP contribution is -2.52. The second-order valence-corrected chi connectivity index (χ2v) is 6.09. The molecule has 122 valence electrons. The highest BCUT2D eigenvalue weighted by Crippen LogP contribution is 2.31. The third-order valence-corrected chi connectivity index (χ3v) is 4.65. The molecule has 0 bridgehead atoms. The van der Waals surface area contributed by atoms with Gasteiger partial charge in [-0.1, -0.05) is 37.5 Å². The van der Waals surface area contributed by atoms with Gasteiger partial charge in [0.05, 0.1) is 11.7 Å². The first-order valence-corrected chi connectivity index (χ1v) is 8.25. The Bertz CT molecular complexity index is 650. The van der Waals surface area contributed by atoms with E-state index >= 15 is 0 Å². The van der Waals surface area contributed by atoms with Gasteiger partial charge in [-0.05, 0) is 25.8 Å². The molecule has 1 aromatic rings. The van der Waals surface area contributed by atoms with Gasteiger partial charge in [0.15, 0.2) is 0 Å². The van der Waals surface area contributed by atoms with E-state index in [0.29, 0.717) is 12.3 Å². The Morgan fingerprint density at radius 3 is 2.61 bits per heavy atom. The Kier molecular flexibility index (Phi) is 4.41. The van der Waals surface area contributed by atoms with Gasteiger partial charge in [-0.2, -0.15) is 0 Å². The average molecular weight is 315 g/mol. The van der Waals surface area contributed by atoms with Gasteiger partial charge in [0, 0.05) is 17.0 Å². The molecule has 1 heterocycles. The summed E-state index contributed by atoms with van der Waals surface area (Å²) >= 11 is 0. The monoisotopic (exact) mass is 315 g/mol. The van der Waals surface area contributed by atoms with Gasteiger partial charge in [-0.25, -0.2) is 0 Å². The molecule has 23 heavy (non-hydrogen) atoms. The van der Waals surface area contributed by atoms with Crippen LogP contribution in [-0.2, 0) is 4.79 Å². The van der Waals surface area contributed by atoms with Crippen molar-refractivity contribution in [3.8, 4) is 0 Å². The molecule has 1 fully saturated rings. The fourth-order valence-corrected chi connectivity index (χ4v) is 3.52. The number of carbonyl (C=O) groups is 1. The minimum Gasteiger partial charge on any atom is -0.306 e. The number of carbonyl (C=O) groups excluding carboxylic acids is 1. The molecular weight excluding hydrogens is 294 g/mol. The van der Waals surface area contributed by atoms with E-state index in [2.05, 4.69) is 4.99 Å². The van der Waals surface area contributed by atoms with E-state index in [1.54, 1.807) is 0 Å². The molecule has 1 aromatic carbocycles. The number of likely N-dealkylation sites (N-methyl/N-ethyl adjacent to an activating group) is 1. The van der Waals surface area contributed by atoms with Crippen molar-refractivity contribution in [1.29, 1.82) is 0 Å². The molecule has 1 unspecified atom stereocenters. The van der Waals surface area contributed by atoms with Gasteiger partial charge >= 0.3 is 11.9 Å². The molecule has 0 aromatic heterocycles. The van der Waals surface area contributed by atoms with Crippen molar-refractivity contribution in [2.75, 3.05) is 11.4 Å². The highest BCUT2D eigenvalue weighted by atomic mass is 16.6. The van der Waals surface area contributed by atoms with E-state index in [9.17, 15) is 14.9 Å². The highest BCUT2D eigenvalue weighted by Gasteiger charge is 2.45. The van der Waals surface area contributed by atoms with Crippen LogP contribution in [0.5, 0.6) is 0 Å². The quantitative estimate of drug-likeness (QED) is 0.636. The molecule has 3 rings (SSSR count). The molecule has 1 aliphatic carbocycles. The number of benzene rings is 1. The van der Waals surface area contributed by atoms with E-state index in [0.717, 1.165) is 36.9 Å². The standard InChI is InChI=1S/C17H21N3O3/c1-2-19-14-11-7-6-10-13(14)15(16(17(19)21)20(22)23)18-12-8-4-3-5-9-12/h6-7,10-12,16H,2-5,8-9H2,1H3. The summed E-state index contributed by atoms with van der Waals surface area (Å²) in [6.07, 6.45) is 5.28. The third-order valence-electron chi connectivity index (χ3n) is 4.65. The van der Waals surface area contributed by atoms with Crippen LogP contribution in [0.1, 0.15) is 44.6 Å². The van der Waals surface area contributed by atoms with Gasteiger partial charge in [0.2, 0.25) is 0 Å². The fourth-order valence-electron chi connectivity index (χ4n) is 3.52. The van der Waals surface area contributed by atoms with Crippen LogP contribution in [0, 0.1) is 10.1 Å². The summed E-state index contributed by atoms with van der Waals surface area (Å²) in [6, 6.07) is 6.07. The molecule has 6 heteroatoms. The van der Waals surface area contributed by atoms with Crippen LogP contribution in [0.3, 0.4) is 0 Å². The second kappa shape index (κ2) is 6.48. The SMILES string of the molecule is CCN1C(=O)C([N+](=O)[O-])C(=NC2CCCCC2)c2ccccc21. The number of hydrogen-bond acceptors (Lipinski definition) is 4. The summed E-state index contributed by atoms with van der Waals surface area (Å²) in [7, 11) is 0. The molecular formula is C17H21N3O3. The average Bonchev–Trinajstić information content (AvgIpc) is 2.56. The Hall–Kier alpha value is -2.24. The van der Waals surface area contributed by atoms with E-state index in [-0.39, 0.29) is 6.04 Å². The van der Waals surface area contributed by atoms with Gasteiger partial charge in [-0.15, -0.1) is 0 Å². The predicted octanol–water partition coefficient (Wildman–Crippen LogP) is 2.82. The lowest BCUT2D eigenvalue weighted by molar-refractivity contribution is -0.488. The number of amides is 1. The first kappa shape index (κ1) is 15.6. The van der Waals surface area contributed by atoms with Crippen molar-refractivity contribution >= 4 is 17.3 Å². The zero-order valence-electron chi connectivity index (χ0n) is 13.3. The topological polar surface area (TPSA) is 75.8 Å². The van der Waals surface area contributed by atoms with Gasteiger partial charge < -0.3 is 4.90 Å². The number of nitro groups is 1. The molecule has 1 atom stereocenters. The van der Waals surface area contributed by atoms with E-state index in [4.69, 9.17) is 0 Å². The van der Waals surface area contributed by atoms with Crippen LogP contribution in [0.4, 0.5) is 5.69 Å². The highest BCUT2D eigenvalue weighted by molar-refractivity contribution is 6.25. The summed E-state index contributed by atoms with van der Waals surface area (Å²) in [5.41, 5.74) is 1.79. The second-order valence-electron chi connectivity index (χ2n) is 6.09. The number of nitrogens with zero attached hydrogens (tertiary/aromatic N) is 3. The molecule has 1 aliphatic heterocycles. The summed E-state index contributed by atoms with van der Waals surface area (Å²) in [5, 5.41) is 11.6. The summed E-state index contributed by atoms with van der Waals surface area (Å²) < 4.78 is 0. The van der Waals surface area contributed by atoms with Crippen molar-refractivity contribution < 1.29 is 9.72 Å². The smallest absolute Gasteiger partial charge is 0.306 e. The molecule has 2 aliphatic rings. The van der Waals surface area contributed by atoms with Gasteiger partial charge in [0.1, 0.15) is 5.71 Å². The van der Waals surface area contributed by atoms with Gasteiger partial charge in [0.25, 0.3) is 0 Å². The van der Waals surface area contributed by atoms with Crippen LogP contribution in [0.15, 0.2) is 29.3 Å². The largest absolute Gasteiger partial charge is 0.332 e. The van der Waals surface area contributed by atoms with Gasteiger partial charge in [-0.3, -0.25) is 19.9 Å². The van der Waals surface area contributed by atoms with Crippen LogP contribution < -0.4 is 4.90 Å². The molecule has 0 N–H and O–H groups in total. The van der Waals surface area contributed by atoms with Crippen molar-refractivity contribution in [1.82, 2.24) is 0 Å². The Morgan fingerprint density at radius 1 is 1.26 bits per heavy atom. The molecule has 0 radical (unpaired) electrons. The third kappa shape index (κ3) is 2.85. The Balaban J connectivity index is 2.10. The first-order chi connectivity index (χ1) is 11.1. The zero-order valence-corrected chi connectivity index (χ0v) is 13.3. The minimum atomic E-state index is -1.38. The molecule has 1 saturated carbocycles. The van der Waals surface area contributed by atoms with E-state index in [1.165, 1.54) is 11.3 Å². The fraction of sp³-hybridized carbons (Fsp3) is 0.529. The molecule has 0 spiro atoms. The minimum absolute atomic E-state index is 0.0928. The van der Waals surface area contributed by atoms with E-state index < -0.39 is 16.9 Å². The number of para-hydroxylation sites is 1. The molecule has 6 nitrogen and oxygen atoms in total. The normalized spacial score (nSPS) is 23.9. The summed E-state index contributed by atoms with van der Waals surface area (Å²) in [6.45, 7) is 2.24. The Morgan fingerprint density at radius 2 is 1.96 bits per heavy atom. The van der Waals surface area contributed by atoms with Crippen LogP contribution in [-0.4, -0.2) is 35.2 Å². The maximum Gasteiger partial charge on any atom is 0.332 e. The molecule has 1 amide bonds. The number of hydrogen-bond donors (Lipinski definition) is 0. The zero-order chi connectivity index (χ0) is 16.4. The molecule has 0 saturated heterocycles. The van der Waals surface area contributed by atoms with Crippen LogP contribution in [0.25, 0.3) is 0 Å². The van der Waals surface area contributed by atoms with Crippen molar-refractivity contribution in [2.24, 2.45) is 4.99 Å².